The van der Waals surface area contributed by atoms with Crippen molar-refractivity contribution in [2.45, 2.75) is 58.2 Å². The standard InChI is InChI=1S/C16H26N4O3/c1-12-17-16(18-23-12)11-20(13(2)21)14-6-7-19(9-14)10-15-5-3-4-8-22-15/h14-15H,3-11H2,1-2H3. The summed E-state index contributed by atoms with van der Waals surface area (Å²) in [6.07, 6.45) is 4.94. The van der Waals surface area contributed by atoms with Crippen LogP contribution in [0.25, 0.3) is 0 Å². The van der Waals surface area contributed by atoms with E-state index in [1.807, 2.05) is 4.90 Å². The molecule has 0 aliphatic carbocycles. The van der Waals surface area contributed by atoms with Crippen LogP contribution in [0.3, 0.4) is 0 Å². The van der Waals surface area contributed by atoms with Gasteiger partial charge in [-0.25, -0.2) is 0 Å². The highest BCUT2D eigenvalue weighted by atomic mass is 16.5. The fraction of sp³-hybridized carbons (Fsp3) is 0.812. The highest BCUT2D eigenvalue weighted by molar-refractivity contribution is 5.73. The second kappa shape index (κ2) is 7.40. The third-order valence-corrected chi connectivity index (χ3v) is 4.71. The first kappa shape index (κ1) is 16.4. The molecule has 0 aromatic carbocycles. The molecule has 3 heterocycles. The molecule has 1 amide bonds. The van der Waals surface area contributed by atoms with Gasteiger partial charge in [0, 0.05) is 46.1 Å². The Morgan fingerprint density at radius 1 is 1.39 bits per heavy atom. The van der Waals surface area contributed by atoms with Crippen molar-refractivity contribution in [2.75, 3.05) is 26.2 Å². The van der Waals surface area contributed by atoms with Crippen LogP contribution in [0.15, 0.2) is 4.52 Å². The Balaban J connectivity index is 1.55. The van der Waals surface area contributed by atoms with Crippen molar-refractivity contribution in [1.82, 2.24) is 19.9 Å². The molecular formula is C16H26N4O3. The molecule has 0 radical (unpaired) electrons. The van der Waals surface area contributed by atoms with Crippen LogP contribution in [0.2, 0.25) is 0 Å². The zero-order chi connectivity index (χ0) is 16.2. The Kier molecular flexibility index (Phi) is 5.27. The Bertz CT molecular complexity index is 527. The molecule has 0 bridgehead atoms. The number of hydrogen-bond donors (Lipinski definition) is 0. The van der Waals surface area contributed by atoms with Gasteiger partial charge in [-0.2, -0.15) is 4.98 Å². The van der Waals surface area contributed by atoms with Crippen LogP contribution in [0.4, 0.5) is 0 Å². The molecule has 128 valence electrons. The van der Waals surface area contributed by atoms with Gasteiger partial charge in [0.1, 0.15) is 0 Å². The highest BCUT2D eigenvalue weighted by Crippen LogP contribution is 2.21. The molecule has 3 rings (SSSR count). The summed E-state index contributed by atoms with van der Waals surface area (Å²) in [7, 11) is 0. The highest BCUT2D eigenvalue weighted by Gasteiger charge is 2.31. The van der Waals surface area contributed by atoms with Crippen molar-refractivity contribution in [1.29, 1.82) is 0 Å². The fourth-order valence-corrected chi connectivity index (χ4v) is 3.53. The van der Waals surface area contributed by atoms with Gasteiger partial charge in [-0.3, -0.25) is 9.69 Å². The molecule has 1 aromatic heterocycles. The molecule has 0 N–H and O–H groups in total. The maximum Gasteiger partial charge on any atom is 0.223 e. The van der Waals surface area contributed by atoms with Crippen LogP contribution < -0.4 is 0 Å². The van der Waals surface area contributed by atoms with Crippen LogP contribution in [-0.2, 0) is 16.1 Å². The van der Waals surface area contributed by atoms with E-state index in [-0.39, 0.29) is 11.9 Å². The van der Waals surface area contributed by atoms with Crippen LogP contribution in [0.1, 0.15) is 44.3 Å². The van der Waals surface area contributed by atoms with Crippen molar-refractivity contribution in [3.8, 4) is 0 Å². The lowest BCUT2D eigenvalue weighted by Crippen LogP contribution is -2.42. The quantitative estimate of drug-likeness (QED) is 0.815. The molecule has 2 atom stereocenters. The number of rotatable bonds is 5. The van der Waals surface area contributed by atoms with Gasteiger partial charge in [-0.05, 0) is 25.7 Å². The number of carbonyl (C=O) groups is 1. The van der Waals surface area contributed by atoms with Crippen molar-refractivity contribution >= 4 is 5.91 Å². The van der Waals surface area contributed by atoms with Crippen LogP contribution in [-0.4, -0.2) is 64.2 Å². The lowest BCUT2D eigenvalue weighted by atomic mass is 10.1. The third-order valence-electron chi connectivity index (χ3n) is 4.71. The van der Waals surface area contributed by atoms with Gasteiger partial charge >= 0.3 is 0 Å². The smallest absolute Gasteiger partial charge is 0.223 e. The molecule has 7 heteroatoms. The van der Waals surface area contributed by atoms with Gasteiger partial charge in [0.05, 0.1) is 12.6 Å². The normalized spacial score (nSPS) is 25.7. The number of aromatic nitrogens is 2. The van der Waals surface area contributed by atoms with Gasteiger partial charge in [-0.1, -0.05) is 5.16 Å². The van der Waals surface area contributed by atoms with Crippen LogP contribution in [0, 0.1) is 6.92 Å². The van der Waals surface area contributed by atoms with E-state index in [1.54, 1.807) is 13.8 Å². The summed E-state index contributed by atoms with van der Waals surface area (Å²) in [6, 6.07) is 0.217. The van der Waals surface area contributed by atoms with E-state index < -0.39 is 0 Å². The van der Waals surface area contributed by atoms with E-state index in [9.17, 15) is 4.79 Å². The van der Waals surface area contributed by atoms with Crippen LogP contribution in [0.5, 0.6) is 0 Å². The molecule has 0 saturated carbocycles. The van der Waals surface area contributed by atoms with Crippen molar-refractivity contribution < 1.29 is 14.1 Å². The van der Waals surface area contributed by atoms with Gasteiger partial charge in [0.15, 0.2) is 5.82 Å². The first-order valence-electron chi connectivity index (χ1n) is 8.52. The largest absolute Gasteiger partial charge is 0.377 e. The van der Waals surface area contributed by atoms with Crippen molar-refractivity contribution in [3.63, 3.8) is 0 Å². The first-order chi connectivity index (χ1) is 11.1. The van der Waals surface area contributed by atoms with Gasteiger partial charge in [0.25, 0.3) is 0 Å². The van der Waals surface area contributed by atoms with Crippen LogP contribution >= 0.6 is 0 Å². The van der Waals surface area contributed by atoms with E-state index in [0.29, 0.717) is 24.4 Å². The van der Waals surface area contributed by atoms with Crippen molar-refractivity contribution in [2.24, 2.45) is 0 Å². The summed E-state index contributed by atoms with van der Waals surface area (Å²) in [5.41, 5.74) is 0. The number of ether oxygens (including phenoxy) is 1. The number of nitrogens with zero attached hydrogens (tertiary/aromatic N) is 4. The van der Waals surface area contributed by atoms with E-state index in [4.69, 9.17) is 9.26 Å². The Morgan fingerprint density at radius 2 is 2.26 bits per heavy atom. The maximum absolute atomic E-state index is 12.0. The minimum atomic E-state index is 0.0632. The predicted octanol–water partition coefficient (Wildman–Crippen LogP) is 1.37. The lowest BCUT2D eigenvalue weighted by Gasteiger charge is -2.29. The number of carbonyl (C=O) groups excluding carboxylic acids is 1. The molecule has 2 saturated heterocycles. The molecule has 2 fully saturated rings. The zero-order valence-corrected chi connectivity index (χ0v) is 14.0. The fourth-order valence-electron chi connectivity index (χ4n) is 3.53. The predicted molar refractivity (Wildman–Crippen MR) is 83.7 cm³/mol. The van der Waals surface area contributed by atoms with Gasteiger partial charge < -0.3 is 14.2 Å². The molecule has 23 heavy (non-hydrogen) atoms. The summed E-state index contributed by atoms with van der Waals surface area (Å²) in [5.74, 6) is 1.17. The van der Waals surface area contributed by atoms with E-state index in [1.165, 1.54) is 12.8 Å². The summed E-state index contributed by atoms with van der Waals surface area (Å²) in [5, 5.41) is 3.91. The topological polar surface area (TPSA) is 71.7 Å². The van der Waals surface area contributed by atoms with Gasteiger partial charge in [0.2, 0.25) is 11.8 Å². The van der Waals surface area contributed by atoms with Crippen molar-refractivity contribution in [3.05, 3.63) is 11.7 Å². The summed E-state index contributed by atoms with van der Waals surface area (Å²) in [4.78, 5) is 20.5. The molecule has 2 aliphatic rings. The molecule has 7 nitrogen and oxygen atoms in total. The molecular weight excluding hydrogens is 296 g/mol. The molecule has 0 spiro atoms. The Labute approximate surface area is 137 Å². The molecule has 2 unspecified atom stereocenters. The SMILES string of the molecule is CC(=O)N(Cc1noc(C)n1)C1CCN(CC2CCCCO2)C1. The molecule has 2 aliphatic heterocycles. The third kappa shape index (κ3) is 4.29. The van der Waals surface area contributed by atoms with E-state index >= 15 is 0 Å². The second-order valence-electron chi connectivity index (χ2n) is 6.57. The summed E-state index contributed by atoms with van der Waals surface area (Å²) in [6.45, 7) is 7.57. The van der Waals surface area contributed by atoms with E-state index in [0.717, 1.165) is 39.1 Å². The average molecular weight is 322 g/mol. The summed E-state index contributed by atoms with van der Waals surface area (Å²) >= 11 is 0. The Morgan fingerprint density at radius 3 is 2.91 bits per heavy atom. The number of amides is 1. The number of likely N-dealkylation sites (tertiary alicyclic amines) is 1. The average Bonchev–Trinajstić information content (AvgIpc) is 3.15. The van der Waals surface area contributed by atoms with Gasteiger partial charge in [-0.15, -0.1) is 0 Å². The maximum atomic E-state index is 12.0. The number of hydrogen-bond acceptors (Lipinski definition) is 6. The lowest BCUT2D eigenvalue weighted by molar-refractivity contribution is -0.131. The minimum absolute atomic E-state index is 0.0632. The second-order valence-corrected chi connectivity index (χ2v) is 6.57. The summed E-state index contributed by atoms with van der Waals surface area (Å²) < 4.78 is 10.8. The minimum Gasteiger partial charge on any atom is -0.377 e. The Hall–Kier alpha value is -1.47. The molecule has 1 aromatic rings. The monoisotopic (exact) mass is 322 g/mol. The number of aryl methyl sites for hydroxylation is 1. The zero-order valence-electron chi connectivity index (χ0n) is 14.0. The van der Waals surface area contributed by atoms with E-state index in [2.05, 4.69) is 15.0 Å². The first-order valence-corrected chi connectivity index (χ1v) is 8.52.